The van der Waals surface area contributed by atoms with E-state index < -0.39 is 17.3 Å². The van der Waals surface area contributed by atoms with E-state index in [-0.39, 0.29) is 6.09 Å². The molecule has 48 heavy (non-hydrogen) atoms. The number of amides is 2. The van der Waals surface area contributed by atoms with Gasteiger partial charge in [-0.15, -0.1) is 0 Å². The Balaban J connectivity index is 1.14. The largest absolute Gasteiger partial charge is 0.474 e. The summed E-state index contributed by atoms with van der Waals surface area (Å²) in [4.78, 5) is 42.8. The van der Waals surface area contributed by atoms with Crippen LogP contribution in [-0.4, -0.2) is 79.3 Å². The van der Waals surface area contributed by atoms with Gasteiger partial charge in [0.2, 0.25) is 11.8 Å². The van der Waals surface area contributed by atoms with Crippen molar-refractivity contribution in [3.63, 3.8) is 0 Å². The van der Waals surface area contributed by atoms with Gasteiger partial charge >= 0.3 is 12.2 Å². The normalized spacial score (nSPS) is 15.6. The summed E-state index contributed by atoms with van der Waals surface area (Å²) in [5.41, 5.74) is 3.66. The van der Waals surface area contributed by atoms with Crippen molar-refractivity contribution in [2.45, 2.75) is 79.1 Å². The van der Waals surface area contributed by atoms with Crippen LogP contribution in [0.25, 0.3) is 22.0 Å². The van der Waals surface area contributed by atoms with Crippen LogP contribution in [0.3, 0.4) is 0 Å². The van der Waals surface area contributed by atoms with Gasteiger partial charge in [-0.2, -0.15) is 5.10 Å². The van der Waals surface area contributed by atoms with Gasteiger partial charge in [0.15, 0.2) is 0 Å². The van der Waals surface area contributed by atoms with Crippen LogP contribution in [0.1, 0.15) is 59.9 Å². The minimum atomic E-state index is -0.626. The van der Waals surface area contributed by atoms with Crippen LogP contribution in [-0.2, 0) is 16.0 Å². The smallest absolute Gasteiger partial charge is 0.415 e. The van der Waals surface area contributed by atoms with E-state index in [1.54, 1.807) is 28.4 Å². The van der Waals surface area contributed by atoms with Crippen molar-refractivity contribution in [3.8, 4) is 17.0 Å². The molecule has 1 aromatic carbocycles. The number of anilines is 3. The minimum absolute atomic E-state index is 0.247. The first-order valence-corrected chi connectivity index (χ1v) is 16.4. The number of aromatic nitrogens is 5. The average molecular weight is 657 g/mol. The zero-order valence-electron chi connectivity index (χ0n) is 28.7. The van der Waals surface area contributed by atoms with Gasteiger partial charge in [0, 0.05) is 49.2 Å². The van der Waals surface area contributed by atoms with Crippen molar-refractivity contribution in [2.24, 2.45) is 5.92 Å². The molecule has 0 radical (unpaired) electrons. The zero-order valence-corrected chi connectivity index (χ0v) is 28.7. The molecule has 0 unspecified atom stereocenters. The van der Waals surface area contributed by atoms with Crippen molar-refractivity contribution in [3.05, 3.63) is 48.5 Å². The molecule has 0 atom stereocenters. The topological polar surface area (TPSA) is 137 Å². The number of ether oxygens (including phenoxy) is 3. The van der Waals surface area contributed by atoms with Crippen LogP contribution >= 0.6 is 0 Å². The fraction of sp³-hybridized carbons (Fsp3) is 0.486. The summed E-state index contributed by atoms with van der Waals surface area (Å²) in [5, 5.41) is 8.72. The standard InChI is InChI=1S/C35H44N8O5/c1-22-27(19-36-30-29(22)43(14-15-46-30)33(45)48-35(5,6)7)24-8-9-25-17-37-31(40-28(25)16-24)39-26-18-38-42(21-26)20-23-10-12-41(13-11-23)32(44)47-34(2,3)4/h8-9,16-19,21,23H,10-15,20H2,1-7H3,(H,37,39,40). The number of nitrogens with zero attached hydrogens (tertiary/aromatic N) is 7. The van der Waals surface area contributed by atoms with Gasteiger partial charge < -0.3 is 24.4 Å². The molecule has 2 aliphatic heterocycles. The molecule has 13 nitrogen and oxygen atoms in total. The van der Waals surface area contributed by atoms with Gasteiger partial charge in [-0.05, 0) is 84.4 Å². The highest BCUT2D eigenvalue weighted by Crippen LogP contribution is 2.39. The second-order valence-electron chi connectivity index (χ2n) is 14.4. The Bertz CT molecular complexity index is 1820. The van der Waals surface area contributed by atoms with E-state index >= 15 is 0 Å². The number of pyridine rings is 1. The van der Waals surface area contributed by atoms with Crippen LogP contribution < -0.4 is 15.0 Å². The highest BCUT2D eigenvalue weighted by atomic mass is 16.6. The third-order valence-electron chi connectivity index (χ3n) is 8.20. The maximum Gasteiger partial charge on any atom is 0.415 e. The summed E-state index contributed by atoms with van der Waals surface area (Å²) < 4.78 is 18.9. The lowest BCUT2D eigenvalue weighted by molar-refractivity contribution is 0.0177. The van der Waals surface area contributed by atoms with Crippen LogP contribution in [0.4, 0.5) is 26.9 Å². The molecule has 2 amide bonds. The van der Waals surface area contributed by atoms with Gasteiger partial charge in [-0.25, -0.2) is 24.5 Å². The van der Waals surface area contributed by atoms with Crippen LogP contribution in [0, 0.1) is 12.8 Å². The Labute approximate surface area is 280 Å². The number of nitrogens with one attached hydrogen (secondary N) is 1. The van der Waals surface area contributed by atoms with Gasteiger partial charge in [-0.3, -0.25) is 9.58 Å². The zero-order chi connectivity index (χ0) is 34.2. The maximum absolute atomic E-state index is 13.1. The van der Waals surface area contributed by atoms with Crippen molar-refractivity contribution < 1.29 is 23.8 Å². The summed E-state index contributed by atoms with van der Waals surface area (Å²) in [5.74, 6) is 1.28. The van der Waals surface area contributed by atoms with Gasteiger partial charge in [-0.1, -0.05) is 12.1 Å². The van der Waals surface area contributed by atoms with E-state index in [0.717, 1.165) is 52.7 Å². The number of likely N-dealkylation sites (tertiary alicyclic amines) is 1. The minimum Gasteiger partial charge on any atom is -0.474 e. The highest BCUT2D eigenvalue weighted by Gasteiger charge is 2.32. The van der Waals surface area contributed by atoms with Crippen molar-refractivity contribution in [2.75, 3.05) is 36.5 Å². The number of benzene rings is 1. The van der Waals surface area contributed by atoms with Gasteiger partial charge in [0.05, 0.1) is 23.9 Å². The molecule has 1 N–H and O–H groups in total. The molecule has 0 bridgehead atoms. The number of carbonyl (C=O) groups excluding carboxylic acids is 2. The van der Waals surface area contributed by atoms with E-state index in [9.17, 15) is 9.59 Å². The SMILES string of the molecule is Cc1c(-c2ccc3cnc(Nc4cnn(CC5CCN(C(=O)OC(C)(C)C)CC5)c4)nc3c2)cnc2c1N(C(=O)OC(C)(C)C)CCO2. The fourth-order valence-electron chi connectivity index (χ4n) is 5.93. The second-order valence-corrected chi connectivity index (χ2v) is 14.4. The van der Waals surface area contributed by atoms with Crippen LogP contribution in [0.15, 0.2) is 43.0 Å². The molecule has 1 fully saturated rings. The third kappa shape index (κ3) is 7.61. The highest BCUT2D eigenvalue weighted by molar-refractivity contribution is 5.94. The van der Waals surface area contributed by atoms with Gasteiger partial charge in [0.1, 0.15) is 23.5 Å². The van der Waals surface area contributed by atoms with Crippen molar-refractivity contribution >= 4 is 40.4 Å². The molecule has 0 aliphatic carbocycles. The average Bonchev–Trinajstić information content (AvgIpc) is 3.45. The Kier molecular flexibility index (Phi) is 8.88. The maximum atomic E-state index is 13.1. The monoisotopic (exact) mass is 656 g/mol. The van der Waals surface area contributed by atoms with Crippen LogP contribution in [0.5, 0.6) is 5.88 Å². The van der Waals surface area contributed by atoms with Crippen molar-refractivity contribution in [1.29, 1.82) is 0 Å². The lowest BCUT2D eigenvalue weighted by atomic mass is 9.97. The van der Waals surface area contributed by atoms with E-state index in [4.69, 9.17) is 19.2 Å². The number of fused-ring (bicyclic) bond motifs is 2. The van der Waals surface area contributed by atoms with Crippen LogP contribution in [0.2, 0.25) is 0 Å². The predicted octanol–water partition coefficient (Wildman–Crippen LogP) is 6.72. The summed E-state index contributed by atoms with van der Waals surface area (Å²) in [6.07, 6.45) is 8.38. The molecule has 2 aliphatic rings. The van der Waals surface area contributed by atoms with E-state index in [1.807, 2.05) is 77.5 Å². The first kappa shape index (κ1) is 33.0. The second kappa shape index (κ2) is 12.9. The number of hydrogen-bond acceptors (Lipinski definition) is 10. The first-order valence-electron chi connectivity index (χ1n) is 16.4. The van der Waals surface area contributed by atoms with E-state index in [1.165, 1.54) is 0 Å². The molecule has 0 spiro atoms. The molecule has 4 aromatic rings. The summed E-state index contributed by atoms with van der Waals surface area (Å²) in [7, 11) is 0. The number of rotatable bonds is 5. The first-order chi connectivity index (χ1) is 22.7. The molecule has 3 aromatic heterocycles. The van der Waals surface area contributed by atoms with Gasteiger partial charge in [0.25, 0.3) is 0 Å². The summed E-state index contributed by atoms with van der Waals surface area (Å²) >= 11 is 0. The molecule has 5 heterocycles. The molecule has 13 heteroatoms. The lowest BCUT2D eigenvalue weighted by Crippen LogP contribution is -2.42. The molecular formula is C35H44N8O5. The predicted molar refractivity (Wildman–Crippen MR) is 183 cm³/mol. The quantitative estimate of drug-likeness (QED) is 0.246. The number of hydrogen-bond donors (Lipinski definition) is 1. The fourth-order valence-corrected chi connectivity index (χ4v) is 5.93. The Morgan fingerprint density at radius 3 is 2.42 bits per heavy atom. The summed E-state index contributed by atoms with van der Waals surface area (Å²) in [6, 6.07) is 5.97. The Morgan fingerprint density at radius 1 is 0.958 bits per heavy atom. The molecule has 6 rings (SSSR count). The Morgan fingerprint density at radius 2 is 1.69 bits per heavy atom. The molecule has 0 saturated carbocycles. The Hall–Kier alpha value is -4.94. The van der Waals surface area contributed by atoms with E-state index in [0.29, 0.717) is 49.7 Å². The third-order valence-corrected chi connectivity index (χ3v) is 8.20. The lowest BCUT2D eigenvalue weighted by Gasteiger charge is -2.33. The number of carbonyl (C=O) groups is 2. The molecule has 1 saturated heterocycles. The molecule has 254 valence electrons. The molecular weight excluding hydrogens is 612 g/mol. The summed E-state index contributed by atoms with van der Waals surface area (Å²) in [6.45, 7) is 16.0. The van der Waals surface area contributed by atoms with E-state index in [2.05, 4.69) is 20.4 Å². The number of piperidine rings is 1. The van der Waals surface area contributed by atoms with Crippen molar-refractivity contribution in [1.82, 2.24) is 29.6 Å².